The van der Waals surface area contributed by atoms with Crippen LogP contribution in [-0.2, 0) is 9.53 Å². The molecule has 0 saturated heterocycles. The van der Waals surface area contributed by atoms with Gasteiger partial charge in [0.15, 0.2) is 0 Å². The van der Waals surface area contributed by atoms with Gasteiger partial charge in [-0.3, -0.25) is 0 Å². The number of ether oxygens (including phenoxy) is 1. The lowest BCUT2D eigenvalue weighted by Crippen LogP contribution is -2.01. The average molecular weight is 401 g/mol. The third kappa shape index (κ3) is 24.1. The number of hydrogen-bond donors (Lipinski definition) is 0. The van der Waals surface area contributed by atoms with E-state index in [1.807, 2.05) is 30.4 Å². The number of carbonyl (C=O) groups excluding carboxylic acids is 1. The first kappa shape index (κ1) is 27.2. The zero-order valence-corrected chi connectivity index (χ0v) is 19.0. The van der Waals surface area contributed by atoms with Crippen LogP contribution in [0.5, 0.6) is 0 Å². The lowest BCUT2D eigenvalue weighted by atomic mass is 10.1. The van der Waals surface area contributed by atoms with Gasteiger partial charge in [-0.2, -0.15) is 0 Å². The molecule has 2 heteroatoms. The molecule has 0 heterocycles. The van der Waals surface area contributed by atoms with Gasteiger partial charge in [-0.1, -0.05) is 133 Å². The molecule has 29 heavy (non-hydrogen) atoms. The van der Waals surface area contributed by atoms with Crippen LogP contribution >= 0.6 is 0 Å². The summed E-state index contributed by atoms with van der Waals surface area (Å²) in [6.45, 7) is 4.98. The van der Waals surface area contributed by atoms with Crippen molar-refractivity contribution in [2.24, 2.45) is 0 Å². The van der Waals surface area contributed by atoms with Crippen LogP contribution in [0, 0.1) is 0 Å². The number of carbonyl (C=O) groups is 1. The van der Waals surface area contributed by atoms with Crippen LogP contribution in [0.25, 0.3) is 0 Å². The fourth-order valence-corrected chi connectivity index (χ4v) is 2.84. The number of esters is 1. The highest BCUT2D eigenvalue weighted by Gasteiger charge is 1.95. The van der Waals surface area contributed by atoms with E-state index >= 15 is 0 Å². The first-order chi connectivity index (χ1) is 14.3. The van der Waals surface area contributed by atoms with Crippen molar-refractivity contribution >= 4 is 5.97 Å². The number of hydrogen-bond acceptors (Lipinski definition) is 2. The summed E-state index contributed by atoms with van der Waals surface area (Å²) < 4.78 is 5.15. The summed E-state index contributed by atoms with van der Waals surface area (Å²) in [7, 11) is 0. The largest absolute Gasteiger partial charge is 0.463 e. The van der Waals surface area contributed by atoms with Crippen LogP contribution in [0.3, 0.4) is 0 Å². The van der Waals surface area contributed by atoms with E-state index in [-0.39, 0.29) is 5.97 Å². The summed E-state index contributed by atoms with van der Waals surface area (Å²) in [4.78, 5) is 11.5. The quantitative estimate of drug-likeness (QED) is 0.0941. The average Bonchev–Trinajstić information content (AvgIpc) is 2.73. The van der Waals surface area contributed by atoms with E-state index in [0.717, 1.165) is 12.8 Å². The first-order valence-corrected chi connectivity index (χ1v) is 11.8. The third-order valence-electron chi connectivity index (χ3n) is 4.61. The van der Waals surface area contributed by atoms with E-state index in [1.165, 1.54) is 76.7 Å². The Labute approximate surface area is 180 Å². The Hall–Kier alpha value is -1.83. The van der Waals surface area contributed by atoms with Crippen molar-refractivity contribution in [3.8, 4) is 0 Å². The zero-order valence-electron chi connectivity index (χ0n) is 19.0. The Morgan fingerprint density at radius 1 is 0.586 bits per heavy atom. The van der Waals surface area contributed by atoms with Crippen molar-refractivity contribution in [3.05, 3.63) is 60.8 Å². The van der Waals surface area contributed by atoms with Crippen LogP contribution < -0.4 is 0 Å². The predicted molar refractivity (Wildman–Crippen MR) is 128 cm³/mol. The Bertz CT molecular complexity index is 495. The maximum absolute atomic E-state index is 11.5. The lowest BCUT2D eigenvalue weighted by Gasteiger charge is -2.01. The Morgan fingerprint density at radius 2 is 1.07 bits per heavy atom. The molecule has 0 bridgehead atoms. The van der Waals surface area contributed by atoms with Crippen molar-refractivity contribution < 1.29 is 9.53 Å². The monoisotopic (exact) mass is 400 g/mol. The molecular formula is C27H44O2. The molecule has 0 fully saturated rings. The highest BCUT2D eigenvalue weighted by molar-refractivity contribution is 5.82. The molecule has 0 amide bonds. The Balaban J connectivity index is 3.60. The van der Waals surface area contributed by atoms with Gasteiger partial charge >= 0.3 is 5.97 Å². The van der Waals surface area contributed by atoms with Gasteiger partial charge in [0, 0.05) is 6.08 Å². The molecule has 0 aromatic heterocycles. The van der Waals surface area contributed by atoms with Crippen LogP contribution in [0.2, 0.25) is 0 Å². The van der Waals surface area contributed by atoms with Gasteiger partial charge in [0.1, 0.15) is 0 Å². The van der Waals surface area contributed by atoms with E-state index < -0.39 is 0 Å². The van der Waals surface area contributed by atoms with E-state index in [9.17, 15) is 4.79 Å². The molecule has 0 radical (unpaired) electrons. The summed E-state index contributed by atoms with van der Waals surface area (Å²) in [6.07, 6.45) is 35.8. The number of rotatable bonds is 19. The second kappa shape index (κ2) is 24.2. The molecule has 0 aliphatic carbocycles. The Kier molecular flexibility index (Phi) is 22.7. The van der Waals surface area contributed by atoms with E-state index in [0.29, 0.717) is 6.61 Å². The molecule has 2 nitrogen and oxygen atoms in total. The van der Waals surface area contributed by atoms with Crippen LogP contribution in [0.4, 0.5) is 0 Å². The van der Waals surface area contributed by atoms with E-state index in [4.69, 9.17) is 4.74 Å². The summed E-state index contributed by atoms with van der Waals surface area (Å²) >= 11 is 0. The van der Waals surface area contributed by atoms with Crippen LogP contribution in [0.15, 0.2) is 60.8 Å². The fourth-order valence-electron chi connectivity index (χ4n) is 2.84. The molecule has 0 aliphatic heterocycles. The molecule has 0 N–H and O–H groups in total. The van der Waals surface area contributed by atoms with Crippen molar-refractivity contribution in [2.75, 3.05) is 6.61 Å². The summed E-state index contributed by atoms with van der Waals surface area (Å²) in [5, 5.41) is 0. The molecule has 0 aliphatic rings. The maximum atomic E-state index is 11.5. The minimum absolute atomic E-state index is 0.264. The normalized spacial score (nSPS) is 12.5. The van der Waals surface area contributed by atoms with Crippen molar-refractivity contribution in [1.29, 1.82) is 0 Å². The SMILES string of the molecule is CCCCCCCCCC=CC=CC=CC=CC=CC(=O)OCCCCCCC. The molecule has 0 aromatic rings. The second-order valence-corrected chi connectivity index (χ2v) is 7.43. The highest BCUT2D eigenvalue weighted by atomic mass is 16.5. The van der Waals surface area contributed by atoms with Crippen molar-refractivity contribution in [2.45, 2.75) is 97.3 Å². The van der Waals surface area contributed by atoms with Crippen LogP contribution in [-0.4, -0.2) is 12.6 Å². The summed E-state index contributed by atoms with van der Waals surface area (Å²) in [5.74, 6) is -0.264. The Morgan fingerprint density at radius 3 is 1.69 bits per heavy atom. The third-order valence-corrected chi connectivity index (χ3v) is 4.61. The van der Waals surface area contributed by atoms with Gasteiger partial charge in [-0.15, -0.1) is 0 Å². The number of unbranched alkanes of at least 4 members (excludes halogenated alkanes) is 11. The van der Waals surface area contributed by atoms with Gasteiger partial charge in [-0.25, -0.2) is 4.79 Å². The topological polar surface area (TPSA) is 26.3 Å². The van der Waals surface area contributed by atoms with E-state index in [1.54, 1.807) is 6.08 Å². The van der Waals surface area contributed by atoms with Gasteiger partial charge < -0.3 is 4.74 Å². The molecule has 0 atom stereocenters. The maximum Gasteiger partial charge on any atom is 0.330 e. The molecule has 0 aromatic carbocycles. The molecule has 164 valence electrons. The van der Waals surface area contributed by atoms with E-state index in [2.05, 4.69) is 32.1 Å². The first-order valence-electron chi connectivity index (χ1n) is 11.8. The fraction of sp³-hybridized carbons (Fsp3) is 0.593. The zero-order chi connectivity index (χ0) is 21.3. The van der Waals surface area contributed by atoms with Gasteiger partial charge in [0.25, 0.3) is 0 Å². The van der Waals surface area contributed by atoms with Crippen molar-refractivity contribution in [1.82, 2.24) is 0 Å². The number of allylic oxidation sites excluding steroid dienone is 9. The van der Waals surface area contributed by atoms with Crippen molar-refractivity contribution in [3.63, 3.8) is 0 Å². The molecule has 0 spiro atoms. The standard InChI is InChI=1S/C27H44O2/c1-3-5-7-9-10-11-12-13-14-15-16-17-18-19-20-21-23-25-27(28)29-26-24-22-8-6-4-2/h14-21,23,25H,3-13,22,24,26H2,1-2H3. The predicted octanol–water partition coefficient (Wildman–Crippen LogP) is 8.42. The van der Waals surface area contributed by atoms with Crippen LogP contribution in [0.1, 0.15) is 97.3 Å². The lowest BCUT2D eigenvalue weighted by molar-refractivity contribution is -0.137. The highest BCUT2D eigenvalue weighted by Crippen LogP contribution is 2.08. The minimum Gasteiger partial charge on any atom is -0.463 e. The van der Waals surface area contributed by atoms with Gasteiger partial charge in [-0.05, 0) is 19.3 Å². The summed E-state index contributed by atoms with van der Waals surface area (Å²) in [5.41, 5.74) is 0. The second-order valence-electron chi connectivity index (χ2n) is 7.43. The molecule has 0 rings (SSSR count). The summed E-state index contributed by atoms with van der Waals surface area (Å²) in [6, 6.07) is 0. The van der Waals surface area contributed by atoms with Gasteiger partial charge in [0.2, 0.25) is 0 Å². The van der Waals surface area contributed by atoms with Gasteiger partial charge in [0.05, 0.1) is 6.61 Å². The molecular weight excluding hydrogens is 356 g/mol. The minimum atomic E-state index is -0.264. The smallest absolute Gasteiger partial charge is 0.330 e. The molecule has 0 unspecified atom stereocenters. The molecule has 0 saturated carbocycles.